The van der Waals surface area contributed by atoms with Gasteiger partial charge in [-0.3, -0.25) is 14.5 Å². The molecule has 2 rings (SSSR count). The average molecular weight is 457 g/mol. The maximum absolute atomic E-state index is 12.0. The van der Waals surface area contributed by atoms with Crippen molar-refractivity contribution in [1.82, 2.24) is 10.2 Å². The average Bonchev–Trinajstić information content (AvgIpc) is 2.83. The molecular weight excluding hydrogens is 420 g/mol. The number of carbonyl (C=O) groups excluding carboxylic acids is 2. The predicted molar refractivity (Wildman–Crippen MR) is 128 cm³/mol. The summed E-state index contributed by atoms with van der Waals surface area (Å²) in [6.07, 6.45) is 2.00. The lowest BCUT2D eigenvalue weighted by Crippen LogP contribution is -2.36. The second kappa shape index (κ2) is 16.8. The van der Waals surface area contributed by atoms with Gasteiger partial charge in [0.15, 0.2) is 0 Å². The third-order valence-corrected chi connectivity index (χ3v) is 5.15. The lowest BCUT2D eigenvalue weighted by Gasteiger charge is -2.21. The zero-order valence-corrected chi connectivity index (χ0v) is 19.3. The number of hydrogen-bond acceptors (Lipinski definition) is 7. The second-order valence-corrected chi connectivity index (χ2v) is 7.73. The Morgan fingerprint density at radius 2 is 1.27 bits per heavy atom. The molecule has 7 heteroatoms. The third kappa shape index (κ3) is 12.8. The molecule has 33 heavy (non-hydrogen) atoms. The number of rotatable bonds is 17. The topological polar surface area (TPSA) is 88.1 Å². The van der Waals surface area contributed by atoms with Crippen molar-refractivity contribution in [2.45, 2.75) is 25.7 Å². The molecule has 0 saturated carbocycles. The lowest BCUT2D eigenvalue weighted by molar-refractivity contribution is -0.144. The van der Waals surface area contributed by atoms with Gasteiger partial charge in [-0.1, -0.05) is 60.7 Å². The van der Waals surface area contributed by atoms with E-state index in [9.17, 15) is 14.7 Å². The molecule has 0 radical (unpaired) electrons. The van der Waals surface area contributed by atoms with Crippen LogP contribution in [0.3, 0.4) is 0 Å². The van der Waals surface area contributed by atoms with Gasteiger partial charge in [-0.25, -0.2) is 0 Å². The fraction of sp³-hybridized carbons (Fsp3) is 0.462. The fourth-order valence-electron chi connectivity index (χ4n) is 3.28. The van der Waals surface area contributed by atoms with E-state index in [1.165, 1.54) is 0 Å². The van der Waals surface area contributed by atoms with E-state index in [4.69, 9.17) is 9.47 Å². The number of aliphatic hydroxyl groups excluding tert-OH is 1. The highest BCUT2D eigenvalue weighted by Crippen LogP contribution is 2.02. The molecule has 0 aliphatic rings. The monoisotopic (exact) mass is 456 g/mol. The van der Waals surface area contributed by atoms with Gasteiger partial charge in [0.25, 0.3) is 0 Å². The summed E-state index contributed by atoms with van der Waals surface area (Å²) < 4.78 is 10.6. The van der Waals surface area contributed by atoms with E-state index in [0.717, 1.165) is 11.1 Å². The van der Waals surface area contributed by atoms with Crippen LogP contribution in [0.15, 0.2) is 60.7 Å². The third-order valence-electron chi connectivity index (χ3n) is 5.15. The van der Waals surface area contributed by atoms with Crippen LogP contribution >= 0.6 is 0 Å². The Morgan fingerprint density at radius 3 is 1.82 bits per heavy atom. The van der Waals surface area contributed by atoms with Crippen molar-refractivity contribution in [3.05, 3.63) is 71.8 Å². The molecule has 0 heterocycles. The van der Waals surface area contributed by atoms with Gasteiger partial charge < -0.3 is 19.9 Å². The summed E-state index contributed by atoms with van der Waals surface area (Å²) in [5.74, 6) is -0.455. The molecule has 0 atom stereocenters. The van der Waals surface area contributed by atoms with Crippen LogP contribution in [-0.2, 0) is 31.9 Å². The Labute approximate surface area is 196 Å². The minimum Gasteiger partial charge on any atom is -0.465 e. The Bertz CT molecular complexity index is 786. The SMILES string of the molecule is O=C(CCNCCN(CCO)CCC(=O)OCCc1ccccc1)OCCc1ccccc1. The predicted octanol–water partition coefficient (Wildman–Crippen LogP) is 2.22. The molecule has 7 nitrogen and oxygen atoms in total. The quantitative estimate of drug-likeness (QED) is 0.279. The molecule has 2 aromatic rings. The number of hydrogen-bond donors (Lipinski definition) is 2. The Hall–Kier alpha value is -2.74. The first-order valence-corrected chi connectivity index (χ1v) is 11.6. The van der Waals surface area contributed by atoms with Gasteiger partial charge in [0.1, 0.15) is 0 Å². The van der Waals surface area contributed by atoms with Crippen molar-refractivity contribution >= 4 is 11.9 Å². The molecular formula is C26H36N2O5. The van der Waals surface area contributed by atoms with Gasteiger partial charge in [0, 0.05) is 45.6 Å². The maximum Gasteiger partial charge on any atom is 0.307 e. The van der Waals surface area contributed by atoms with Crippen LogP contribution < -0.4 is 5.32 Å². The van der Waals surface area contributed by atoms with Crippen molar-refractivity contribution in [2.24, 2.45) is 0 Å². The van der Waals surface area contributed by atoms with Gasteiger partial charge in [-0.2, -0.15) is 0 Å². The second-order valence-electron chi connectivity index (χ2n) is 7.73. The number of nitrogens with one attached hydrogen (secondary N) is 1. The van der Waals surface area contributed by atoms with Gasteiger partial charge in [-0.15, -0.1) is 0 Å². The van der Waals surface area contributed by atoms with E-state index < -0.39 is 0 Å². The zero-order chi connectivity index (χ0) is 23.6. The first-order chi connectivity index (χ1) is 16.2. The van der Waals surface area contributed by atoms with Crippen molar-refractivity contribution in [1.29, 1.82) is 0 Å². The molecule has 2 N–H and O–H groups in total. The van der Waals surface area contributed by atoms with Crippen LogP contribution in [0.25, 0.3) is 0 Å². The number of nitrogens with zero attached hydrogens (tertiary/aromatic N) is 1. The molecule has 0 aliphatic heterocycles. The molecule has 0 aromatic heterocycles. The Kier molecular flexibility index (Phi) is 13.5. The van der Waals surface area contributed by atoms with E-state index >= 15 is 0 Å². The number of aliphatic hydroxyl groups is 1. The van der Waals surface area contributed by atoms with Crippen LogP contribution in [0.5, 0.6) is 0 Å². The van der Waals surface area contributed by atoms with Crippen molar-refractivity contribution in [3.8, 4) is 0 Å². The van der Waals surface area contributed by atoms with Gasteiger partial charge in [0.05, 0.1) is 32.7 Å². The Morgan fingerprint density at radius 1 is 0.727 bits per heavy atom. The molecule has 0 unspecified atom stereocenters. The van der Waals surface area contributed by atoms with Crippen LogP contribution in [0.2, 0.25) is 0 Å². The lowest BCUT2D eigenvalue weighted by atomic mass is 10.2. The summed E-state index contributed by atoms with van der Waals surface area (Å²) in [5, 5.41) is 12.5. The van der Waals surface area contributed by atoms with E-state index in [0.29, 0.717) is 65.2 Å². The molecule has 2 aromatic carbocycles. The molecule has 180 valence electrons. The minimum absolute atomic E-state index is 0.0246. The number of benzene rings is 2. The van der Waals surface area contributed by atoms with Crippen LogP contribution in [-0.4, -0.2) is 74.5 Å². The molecule has 0 fully saturated rings. The van der Waals surface area contributed by atoms with Crippen LogP contribution in [0.4, 0.5) is 0 Å². The highest BCUT2D eigenvalue weighted by Gasteiger charge is 2.09. The van der Waals surface area contributed by atoms with E-state index in [-0.39, 0.29) is 25.0 Å². The summed E-state index contributed by atoms with van der Waals surface area (Å²) in [6.45, 7) is 3.63. The van der Waals surface area contributed by atoms with Crippen molar-refractivity contribution in [2.75, 3.05) is 52.5 Å². The summed E-state index contributed by atoms with van der Waals surface area (Å²) in [6, 6.07) is 19.8. The van der Waals surface area contributed by atoms with E-state index in [2.05, 4.69) is 5.32 Å². The molecule has 0 saturated heterocycles. The number of ether oxygens (including phenoxy) is 2. The first kappa shape index (κ1) is 26.5. The maximum atomic E-state index is 12.0. The molecule has 0 amide bonds. The normalized spacial score (nSPS) is 10.8. The Balaban J connectivity index is 1.50. The van der Waals surface area contributed by atoms with Crippen molar-refractivity contribution in [3.63, 3.8) is 0 Å². The minimum atomic E-state index is -0.236. The van der Waals surface area contributed by atoms with Gasteiger partial charge in [0.2, 0.25) is 0 Å². The van der Waals surface area contributed by atoms with Crippen molar-refractivity contribution < 1.29 is 24.2 Å². The van der Waals surface area contributed by atoms with Crippen LogP contribution in [0, 0.1) is 0 Å². The summed E-state index contributed by atoms with van der Waals surface area (Å²) in [7, 11) is 0. The van der Waals surface area contributed by atoms with E-state index in [1.807, 2.05) is 65.6 Å². The molecule has 0 spiro atoms. The summed E-state index contributed by atoms with van der Waals surface area (Å²) in [4.78, 5) is 25.8. The standard InChI is InChI=1S/C26H36N2O5/c29-20-19-28(17-12-26(31)33-22-14-24-9-5-2-6-10-24)18-16-27-15-11-25(30)32-21-13-23-7-3-1-4-8-23/h1-10,27,29H,11-22H2. The van der Waals surface area contributed by atoms with E-state index in [1.54, 1.807) is 0 Å². The highest BCUT2D eigenvalue weighted by molar-refractivity contribution is 5.69. The zero-order valence-electron chi connectivity index (χ0n) is 19.3. The summed E-state index contributed by atoms with van der Waals surface area (Å²) >= 11 is 0. The van der Waals surface area contributed by atoms with Gasteiger partial charge in [-0.05, 0) is 11.1 Å². The number of carbonyl (C=O) groups is 2. The highest BCUT2D eigenvalue weighted by atomic mass is 16.5. The fourth-order valence-corrected chi connectivity index (χ4v) is 3.28. The summed E-state index contributed by atoms with van der Waals surface area (Å²) in [5.41, 5.74) is 2.28. The largest absolute Gasteiger partial charge is 0.465 e. The molecule has 0 bridgehead atoms. The van der Waals surface area contributed by atoms with Crippen LogP contribution in [0.1, 0.15) is 24.0 Å². The smallest absolute Gasteiger partial charge is 0.307 e. The first-order valence-electron chi connectivity index (χ1n) is 11.6. The number of esters is 2. The van der Waals surface area contributed by atoms with Gasteiger partial charge >= 0.3 is 11.9 Å². The molecule has 0 aliphatic carbocycles.